The summed E-state index contributed by atoms with van der Waals surface area (Å²) in [7, 11) is 0. The van der Waals surface area contributed by atoms with Crippen molar-refractivity contribution in [1.29, 1.82) is 0 Å². The Kier molecular flexibility index (Phi) is 5.37. The number of carbonyl (C=O) groups excluding carboxylic acids is 1. The van der Waals surface area contributed by atoms with E-state index in [1.54, 1.807) is 30.7 Å². The van der Waals surface area contributed by atoms with Gasteiger partial charge in [0.15, 0.2) is 0 Å². The Morgan fingerprint density at radius 2 is 2.00 bits per heavy atom. The summed E-state index contributed by atoms with van der Waals surface area (Å²) in [6.45, 7) is 7.52. The number of benzene rings is 1. The first-order valence-corrected chi connectivity index (χ1v) is 8.30. The quantitative estimate of drug-likeness (QED) is 0.571. The lowest BCUT2D eigenvalue weighted by molar-refractivity contribution is -0.143. The molecule has 1 aromatic heterocycles. The van der Waals surface area contributed by atoms with Gasteiger partial charge in [-0.25, -0.2) is 0 Å². The van der Waals surface area contributed by atoms with E-state index in [1.807, 2.05) is 32.0 Å². The number of aromatic nitrogens is 2. The third-order valence-electron chi connectivity index (χ3n) is 3.45. The van der Waals surface area contributed by atoms with E-state index in [1.165, 1.54) is 0 Å². The molecule has 0 amide bonds. The molecule has 0 saturated carbocycles. The van der Waals surface area contributed by atoms with E-state index in [9.17, 15) is 4.79 Å². The minimum atomic E-state index is -0.783. The standard InChI is InChI=1S/C17H20Cl2N2O2/c1-11(2)13-9-15(23-16(22)17(3,4)10-18)21(20-13)14-8-6-5-7-12(14)19/h5-9,11H,10H2,1-4H3. The highest BCUT2D eigenvalue weighted by atomic mass is 35.5. The lowest BCUT2D eigenvalue weighted by Crippen LogP contribution is -2.31. The molecule has 1 aromatic carbocycles. The molecule has 1 heterocycles. The van der Waals surface area contributed by atoms with Crippen LogP contribution in [0, 0.1) is 5.41 Å². The van der Waals surface area contributed by atoms with Gasteiger partial charge in [-0.15, -0.1) is 11.6 Å². The average molecular weight is 355 g/mol. The van der Waals surface area contributed by atoms with Gasteiger partial charge in [0.1, 0.15) is 0 Å². The van der Waals surface area contributed by atoms with Crippen molar-refractivity contribution in [3.63, 3.8) is 0 Å². The van der Waals surface area contributed by atoms with Crippen molar-refractivity contribution in [2.24, 2.45) is 5.41 Å². The third-order valence-corrected chi connectivity index (χ3v) is 4.44. The predicted molar refractivity (Wildman–Crippen MR) is 92.8 cm³/mol. The van der Waals surface area contributed by atoms with Crippen LogP contribution < -0.4 is 4.74 Å². The Balaban J connectivity index is 2.47. The smallest absolute Gasteiger partial charge is 0.319 e. The maximum Gasteiger partial charge on any atom is 0.319 e. The lowest BCUT2D eigenvalue weighted by atomic mass is 9.97. The van der Waals surface area contributed by atoms with Crippen LogP contribution >= 0.6 is 23.2 Å². The van der Waals surface area contributed by atoms with Crippen LogP contribution in [-0.2, 0) is 4.79 Å². The molecule has 0 unspecified atom stereocenters. The summed E-state index contributed by atoms with van der Waals surface area (Å²) < 4.78 is 7.12. The van der Waals surface area contributed by atoms with E-state index in [0.717, 1.165) is 5.69 Å². The molecule has 23 heavy (non-hydrogen) atoms. The number of esters is 1. The second kappa shape index (κ2) is 6.93. The number of halogens is 2. The van der Waals surface area contributed by atoms with Crippen LogP contribution in [0.5, 0.6) is 5.88 Å². The van der Waals surface area contributed by atoms with Gasteiger partial charge in [0.25, 0.3) is 0 Å². The number of nitrogens with zero attached hydrogens (tertiary/aromatic N) is 2. The highest BCUT2D eigenvalue weighted by molar-refractivity contribution is 6.32. The number of rotatable bonds is 5. The van der Waals surface area contributed by atoms with Crippen molar-refractivity contribution in [2.75, 3.05) is 5.88 Å². The molecular weight excluding hydrogens is 335 g/mol. The summed E-state index contributed by atoms with van der Waals surface area (Å²) in [4.78, 5) is 12.3. The number of hydrogen-bond acceptors (Lipinski definition) is 3. The van der Waals surface area contributed by atoms with Crippen LogP contribution in [0.3, 0.4) is 0 Å². The number of alkyl halides is 1. The Morgan fingerprint density at radius 3 is 2.57 bits per heavy atom. The molecule has 0 radical (unpaired) electrons. The molecule has 0 N–H and O–H groups in total. The van der Waals surface area contributed by atoms with E-state index >= 15 is 0 Å². The number of ether oxygens (including phenoxy) is 1. The molecule has 0 aliphatic carbocycles. The fraction of sp³-hybridized carbons (Fsp3) is 0.412. The molecule has 0 bridgehead atoms. The zero-order valence-corrected chi connectivity index (χ0v) is 15.1. The van der Waals surface area contributed by atoms with Crippen molar-refractivity contribution in [2.45, 2.75) is 33.6 Å². The monoisotopic (exact) mass is 354 g/mol. The first kappa shape index (κ1) is 17.8. The Bertz CT molecular complexity index is 708. The predicted octanol–water partition coefficient (Wildman–Crippen LogP) is 4.82. The van der Waals surface area contributed by atoms with Crippen LogP contribution in [0.4, 0.5) is 0 Å². The number of hydrogen-bond donors (Lipinski definition) is 0. The minimum absolute atomic E-state index is 0.170. The van der Waals surface area contributed by atoms with Crippen molar-refractivity contribution >= 4 is 29.2 Å². The zero-order chi connectivity index (χ0) is 17.2. The number of para-hydroxylation sites is 1. The SMILES string of the molecule is CC(C)c1cc(OC(=O)C(C)(C)CCl)n(-c2ccccc2Cl)n1. The molecule has 124 valence electrons. The summed E-state index contributed by atoms with van der Waals surface area (Å²) >= 11 is 12.1. The van der Waals surface area contributed by atoms with Crippen molar-refractivity contribution in [3.05, 3.63) is 41.0 Å². The normalized spacial score (nSPS) is 11.8. The zero-order valence-electron chi connectivity index (χ0n) is 13.6. The molecule has 0 saturated heterocycles. The Hall–Kier alpha value is -1.52. The van der Waals surface area contributed by atoms with Crippen molar-refractivity contribution in [1.82, 2.24) is 9.78 Å². The van der Waals surface area contributed by atoms with Gasteiger partial charge >= 0.3 is 5.97 Å². The van der Waals surface area contributed by atoms with Crippen LogP contribution in [0.2, 0.25) is 5.02 Å². The van der Waals surface area contributed by atoms with E-state index in [2.05, 4.69) is 5.10 Å². The second-order valence-electron chi connectivity index (χ2n) is 6.33. The van der Waals surface area contributed by atoms with Gasteiger partial charge < -0.3 is 4.74 Å². The van der Waals surface area contributed by atoms with Gasteiger partial charge in [-0.1, -0.05) is 37.6 Å². The average Bonchev–Trinajstić information content (AvgIpc) is 2.91. The lowest BCUT2D eigenvalue weighted by Gasteiger charge is -2.19. The van der Waals surface area contributed by atoms with Crippen molar-refractivity contribution in [3.8, 4) is 11.6 Å². The Morgan fingerprint density at radius 1 is 1.35 bits per heavy atom. The summed E-state index contributed by atoms with van der Waals surface area (Å²) in [6, 6.07) is 9.04. The summed E-state index contributed by atoms with van der Waals surface area (Å²) in [5, 5.41) is 5.05. The van der Waals surface area contributed by atoms with Crippen molar-refractivity contribution < 1.29 is 9.53 Å². The molecule has 2 rings (SSSR count). The summed E-state index contributed by atoms with van der Waals surface area (Å²) in [5.41, 5.74) is 0.693. The summed E-state index contributed by atoms with van der Waals surface area (Å²) in [6.07, 6.45) is 0. The largest absolute Gasteiger partial charge is 0.407 e. The van der Waals surface area contributed by atoms with Crippen LogP contribution in [-0.4, -0.2) is 21.6 Å². The summed E-state index contributed by atoms with van der Waals surface area (Å²) in [5.74, 6) is 0.293. The van der Waals surface area contributed by atoms with Crippen LogP contribution in [0.1, 0.15) is 39.3 Å². The van der Waals surface area contributed by atoms with Crippen LogP contribution in [0.25, 0.3) is 5.69 Å². The topological polar surface area (TPSA) is 44.1 Å². The molecule has 0 atom stereocenters. The third kappa shape index (κ3) is 3.88. The van der Waals surface area contributed by atoms with Gasteiger partial charge in [-0.3, -0.25) is 4.79 Å². The molecule has 6 heteroatoms. The molecule has 0 aliphatic heterocycles. The number of carbonyl (C=O) groups is 1. The molecule has 4 nitrogen and oxygen atoms in total. The molecule has 0 fully saturated rings. The van der Waals surface area contributed by atoms with Gasteiger partial charge in [0.05, 0.1) is 21.8 Å². The molecule has 0 spiro atoms. The minimum Gasteiger partial charge on any atom is -0.407 e. The maximum atomic E-state index is 12.3. The molecule has 0 aliphatic rings. The highest BCUT2D eigenvalue weighted by Crippen LogP contribution is 2.29. The molecule has 2 aromatic rings. The Labute approximate surface area is 146 Å². The van der Waals surface area contributed by atoms with E-state index in [0.29, 0.717) is 16.6 Å². The van der Waals surface area contributed by atoms with E-state index < -0.39 is 11.4 Å². The van der Waals surface area contributed by atoms with Gasteiger partial charge in [0, 0.05) is 11.9 Å². The van der Waals surface area contributed by atoms with E-state index in [-0.39, 0.29) is 11.8 Å². The fourth-order valence-electron chi connectivity index (χ4n) is 1.82. The second-order valence-corrected chi connectivity index (χ2v) is 7.01. The van der Waals surface area contributed by atoms with Gasteiger partial charge in [0.2, 0.25) is 5.88 Å². The maximum absolute atomic E-state index is 12.3. The fourth-order valence-corrected chi connectivity index (χ4v) is 2.14. The van der Waals surface area contributed by atoms with Crippen LogP contribution in [0.15, 0.2) is 30.3 Å². The van der Waals surface area contributed by atoms with Gasteiger partial charge in [-0.05, 0) is 31.9 Å². The first-order chi connectivity index (χ1) is 10.8. The van der Waals surface area contributed by atoms with E-state index in [4.69, 9.17) is 27.9 Å². The molecular formula is C17H20Cl2N2O2. The first-order valence-electron chi connectivity index (χ1n) is 7.39. The highest BCUT2D eigenvalue weighted by Gasteiger charge is 2.30. The van der Waals surface area contributed by atoms with Gasteiger partial charge in [-0.2, -0.15) is 9.78 Å².